The molecule has 0 N–H and O–H groups in total. The number of carbonyl (C=O) groups excluding carboxylic acids is 1. The van der Waals surface area contributed by atoms with Crippen LogP contribution < -0.4 is 0 Å². The lowest BCUT2D eigenvalue weighted by Crippen LogP contribution is -2.16. The van der Waals surface area contributed by atoms with Crippen molar-refractivity contribution in [1.29, 1.82) is 0 Å². The van der Waals surface area contributed by atoms with Crippen LogP contribution in [0.5, 0.6) is 0 Å². The molecule has 0 radical (unpaired) electrons. The van der Waals surface area contributed by atoms with E-state index >= 15 is 0 Å². The van der Waals surface area contributed by atoms with E-state index in [2.05, 4.69) is 0 Å². The Labute approximate surface area is 116 Å². The number of rotatable bonds is 5. The molecule has 20 heavy (non-hydrogen) atoms. The molecule has 1 unspecified atom stereocenters. The lowest BCUT2D eigenvalue weighted by Gasteiger charge is -2.16. The van der Waals surface area contributed by atoms with E-state index in [1.807, 2.05) is 6.07 Å². The Morgan fingerprint density at radius 2 is 1.80 bits per heavy atom. The molecular weight excluding hydrogens is 262 g/mol. The minimum Gasteiger partial charge on any atom is -0.366 e. The molecule has 0 amide bonds. The molecule has 2 aromatic carbocycles. The Morgan fingerprint density at radius 3 is 2.40 bits per heavy atom. The van der Waals surface area contributed by atoms with E-state index in [4.69, 9.17) is 4.74 Å². The predicted molar refractivity (Wildman–Crippen MR) is 71.5 cm³/mol. The van der Waals surface area contributed by atoms with E-state index in [1.54, 1.807) is 31.2 Å². The van der Waals surface area contributed by atoms with E-state index in [0.717, 1.165) is 12.1 Å². The third kappa shape index (κ3) is 3.08. The monoisotopic (exact) mass is 276 g/mol. The quantitative estimate of drug-likeness (QED) is 0.773. The second kappa shape index (κ2) is 6.39. The van der Waals surface area contributed by atoms with Crippen molar-refractivity contribution >= 4 is 5.78 Å². The highest BCUT2D eigenvalue weighted by Gasteiger charge is 2.23. The van der Waals surface area contributed by atoms with Gasteiger partial charge in [0.15, 0.2) is 17.4 Å². The smallest absolute Gasteiger partial charge is 0.196 e. The molecule has 2 nitrogen and oxygen atoms in total. The summed E-state index contributed by atoms with van der Waals surface area (Å²) in [5, 5.41) is 0. The molecule has 104 valence electrons. The number of ketones is 1. The Bertz CT molecular complexity index is 597. The summed E-state index contributed by atoms with van der Waals surface area (Å²) in [6.07, 6.45) is -0.814. The molecule has 1 atom stereocenters. The first-order valence-corrected chi connectivity index (χ1v) is 6.29. The normalized spacial score (nSPS) is 12.2. The fourth-order valence-corrected chi connectivity index (χ4v) is 1.92. The van der Waals surface area contributed by atoms with Gasteiger partial charge in [0, 0.05) is 12.2 Å². The van der Waals surface area contributed by atoms with E-state index in [1.165, 1.54) is 6.07 Å². The van der Waals surface area contributed by atoms with Crippen molar-refractivity contribution < 1.29 is 18.3 Å². The molecule has 0 aliphatic carbocycles. The van der Waals surface area contributed by atoms with Gasteiger partial charge in [-0.2, -0.15) is 0 Å². The maximum Gasteiger partial charge on any atom is 0.196 e. The van der Waals surface area contributed by atoms with Crippen LogP contribution in [-0.2, 0) is 4.74 Å². The minimum absolute atomic E-state index is 0.0891. The number of carbonyl (C=O) groups is 1. The third-order valence-electron chi connectivity index (χ3n) is 2.88. The fraction of sp³-hybridized carbons (Fsp3) is 0.188. The number of Topliss-reactive ketones (excluding diaryl/α,β-unsaturated/α-hetero) is 1. The Hall–Kier alpha value is -2.07. The van der Waals surface area contributed by atoms with Gasteiger partial charge in [0.2, 0.25) is 0 Å². The SMILES string of the molecule is CCOC(C(=O)c1ccc(F)c(F)c1)c1ccccc1. The van der Waals surface area contributed by atoms with Crippen LogP contribution in [0.25, 0.3) is 0 Å². The predicted octanol–water partition coefficient (Wildman–Crippen LogP) is 3.93. The van der Waals surface area contributed by atoms with Gasteiger partial charge in [-0.3, -0.25) is 4.79 Å². The molecule has 0 saturated carbocycles. The van der Waals surface area contributed by atoms with Gasteiger partial charge in [0.25, 0.3) is 0 Å². The highest BCUT2D eigenvalue weighted by atomic mass is 19.2. The molecule has 0 bridgehead atoms. The maximum atomic E-state index is 13.2. The van der Waals surface area contributed by atoms with Gasteiger partial charge in [-0.05, 0) is 30.7 Å². The Balaban J connectivity index is 2.34. The topological polar surface area (TPSA) is 26.3 Å². The van der Waals surface area contributed by atoms with Gasteiger partial charge in [0.05, 0.1) is 0 Å². The van der Waals surface area contributed by atoms with E-state index in [0.29, 0.717) is 12.2 Å². The lowest BCUT2D eigenvalue weighted by atomic mass is 9.99. The van der Waals surface area contributed by atoms with Crippen LogP contribution in [0.4, 0.5) is 8.78 Å². The summed E-state index contributed by atoms with van der Waals surface area (Å²) >= 11 is 0. The summed E-state index contributed by atoms with van der Waals surface area (Å²) in [5.74, 6) is -2.41. The number of hydrogen-bond acceptors (Lipinski definition) is 2. The van der Waals surface area contributed by atoms with E-state index in [-0.39, 0.29) is 5.56 Å². The molecule has 0 saturated heterocycles. The summed E-state index contributed by atoms with van der Waals surface area (Å²) in [4.78, 5) is 12.4. The standard InChI is InChI=1S/C16H14F2O2/c1-2-20-16(11-6-4-3-5-7-11)15(19)12-8-9-13(17)14(18)10-12/h3-10,16H,2H2,1H3. The molecular formula is C16H14F2O2. The van der Waals surface area contributed by atoms with Crippen molar-refractivity contribution in [3.05, 3.63) is 71.3 Å². The van der Waals surface area contributed by atoms with Crippen LogP contribution in [0, 0.1) is 11.6 Å². The highest BCUT2D eigenvalue weighted by Crippen LogP contribution is 2.23. The van der Waals surface area contributed by atoms with Crippen molar-refractivity contribution in [3.63, 3.8) is 0 Å². The molecule has 2 rings (SSSR count). The van der Waals surface area contributed by atoms with E-state index < -0.39 is 23.5 Å². The van der Waals surface area contributed by atoms with Crippen LogP contribution in [0.3, 0.4) is 0 Å². The van der Waals surface area contributed by atoms with Crippen molar-refractivity contribution in [2.45, 2.75) is 13.0 Å². The minimum atomic E-state index is -1.04. The third-order valence-corrected chi connectivity index (χ3v) is 2.88. The second-order valence-corrected chi connectivity index (χ2v) is 4.24. The average Bonchev–Trinajstić information content (AvgIpc) is 2.48. The van der Waals surface area contributed by atoms with Gasteiger partial charge in [-0.15, -0.1) is 0 Å². The molecule has 0 spiro atoms. The number of hydrogen-bond donors (Lipinski definition) is 0. The van der Waals surface area contributed by atoms with Crippen LogP contribution in [0.15, 0.2) is 48.5 Å². The largest absolute Gasteiger partial charge is 0.366 e. The zero-order valence-electron chi connectivity index (χ0n) is 11.0. The first-order valence-electron chi connectivity index (χ1n) is 6.29. The van der Waals surface area contributed by atoms with Crippen LogP contribution in [0.1, 0.15) is 28.9 Å². The van der Waals surface area contributed by atoms with Crippen LogP contribution >= 0.6 is 0 Å². The summed E-state index contributed by atoms with van der Waals surface area (Å²) in [5.41, 5.74) is 0.773. The van der Waals surface area contributed by atoms with Gasteiger partial charge < -0.3 is 4.74 Å². The first-order chi connectivity index (χ1) is 9.63. The van der Waals surface area contributed by atoms with Crippen molar-refractivity contribution in [1.82, 2.24) is 0 Å². The maximum absolute atomic E-state index is 13.2. The highest BCUT2D eigenvalue weighted by molar-refractivity contribution is 6.00. The molecule has 0 aromatic heterocycles. The molecule has 2 aromatic rings. The number of benzene rings is 2. The van der Waals surface area contributed by atoms with Crippen LogP contribution in [0.2, 0.25) is 0 Å². The van der Waals surface area contributed by atoms with Gasteiger partial charge in [-0.1, -0.05) is 30.3 Å². The zero-order chi connectivity index (χ0) is 14.5. The van der Waals surface area contributed by atoms with E-state index in [9.17, 15) is 13.6 Å². The van der Waals surface area contributed by atoms with Gasteiger partial charge in [-0.25, -0.2) is 8.78 Å². The van der Waals surface area contributed by atoms with Gasteiger partial charge in [0.1, 0.15) is 6.10 Å². The Kier molecular flexibility index (Phi) is 4.58. The second-order valence-electron chi connectivity index (χ2n) is 4.24. The summed E-state index contributed by atoms with van der Waals surface area (Å²) in [6, 6.07) is 12.0. The summed E-state index contributed by atoms with van der Waals surface area (Å²) in [6.45, 7) is 2.11. The lowest BCUT2D eigenvalue weighted by molar-refractivity contribution is 0.0452. The van der Waals surface area contributed by atoms with Crippen molar-refractivity contribution in [2.24, 2.45) is 0 Å². The average molecular weight is 276 g/mol. The number of ether oxygens (including phenoxy) is 1. The fourth-order valence-electron chi connectivity index (χ4n) is 1.92. The molecule has 0 fully saturated rings. The number of halogens is 2. The summed E-state index contributed by atoms with van der Waals surface area (Å²) in [7, 11) is 0. The van der Waals surface area contributed by atoms with Crippen molar-refractivity contribution in [2.75, 3.05) is 6.61 Å². The zero-order valence-corrected chi connectivity index (χ0v) is 11.0. The molecule has 0 aliphatic heterocycles. The Morgan fingerprint density at radius 1 is 1.10 bits per heavy atom. The van der Waals surface area contributed by atoms with Gasteiger partial charge >= 0.3 is 0 Å². The molecule has 0 aliphatic rings. The first kappa shape index (κ1) is 14.3. The molecule has 0 heterocycles. The molecule has 4 heteroatoms. The summed E-state index contributed by atoms with van der Waals surface area (Å²) < 4.78 is 31.6. The van der Waals surface area contributed by atoms with Crippen LogP contribution in [-0.4, -0.2) is 12.4 Å². The van der Waals surface area contributed by atoms with Crippen molar-refractivity contribution in [3.8, 4) is 0 Å².